The van der Waals surface area contributed by atoms with Gasteiger partial charge in [-0.25, -0.2) is 4.79 Å². The maximum Gasteiger partial charge on any atom is 0.340 e. The number of carbonyl (C=O) groups excluding carboxylic acids is 1. The molecule has 0 saturated heterocycles. The predicted octanol–water partition coefficient (Wildman–Crippen LogP) is 1.71. The van der Waals surface area contributed by atoms with Crippen molar-refractivity contribution < 1.29 is 14.3 Å². The summed E-state index contributed by atoms with van der Waals surface area (Å²) in [6.07, 6.45) is -0.0783. The largest absolute Gasteiger partial charge is 0.490 e. The number of hydrogen-bond donors (Lipinski definition) is 1. The fourth-order valence-electron chi connectivity index (χ4n) is 1.32. The molecule has 1 aromatic rings. The molecule has 1 aromatic carbocycles. The van der Waals surface area contributed by atoms with Gasteiger partial charge in [0.15, 0.2) is 0 Å². The SMILES string of the molecule is COC(=O)c1cc(C#N)c(OC(C)C)cc1N. The fraction of sp³-hybridized carbons (Fsp3) is 0.333. The number of nitrogens with zero attached hydrogens (tertiary/aromatic N) is 1. The summed E-state index contributed by atoms with van der Waals surface area (Å²) in [6, 6.07) is 4.80. The summed E-state index contributed by atoms with van der Waals surface area (Å²) in [5.41, 5.74) is 6.36. The molecule has 5 heteroatoms. The molecule has 0 aromatic heterocycles. The van der Waals surface area contributed by atoms with Crippen LogP contribution in [-0.2, 0) is 4.74 Å². The van der Waals surface area contributed by atoms with Crippen molar-refractivity contribution in [2.75, 3.05) is 12.8 Å². The normalized spacial score (nSPS) is 9.82. The highest BCUT2D eigenvalue weighted by molar-refractivity contribution is 5.96. The summed E-state index contributed by atoms with van der Waals surface area (Å²) in [6.45, 7) is 3.68. The smallest absolute Gasteiger partial charge is 0.340 e. The van der Waals surface area contributed by atoms with Crippen LogP contribution >= 0.6 is 0 Å². The molecule has 0 aliphatic carbocycles. The molecule has 1 rings (SSSR count). The van der Waals surface area contributed by atoms with Gasteiger partial charge in [-0.15, -0.1) is 0 Å². The number of rotatable bonds is 3. The van der Waals surface area contributed by atoms with E-state index in [1.807, 2.05) is 19.9 Å². The summed E-state index contributed by atoms with van der Waals surface area (Å²) >= 11 is 0. The Morgan fingerprint density at radius 3 is 2.59 bits per heavy atom. The molecule has 5 nitrogen and oxygen atoms in total. The predicted molar refractivity (Wildman–Crippen MR) is 62.7 cm³/mol. The van der Waals surface area contributed by atoms with Crippen LogP contribution in [-0.4, -0.2) is 19.2 Å². The summed E-state index contributed by atoms with van der Waals surface area (Å²) in [5.74, 6) is -0.206. The average molecular weight is 234 g/mol. The van der Waals surface area contributed by atoms with Gasteiger partial charge < -0.3 is 15.2 Å². The molecular weight excluding hydrogens is 220 g/mol. The Morgan fingerprint density at radius 2 is 2.12 bits per heavy atom. The first-order chi connectivity index (χ1) is 7.99. The van der Waals surface area contributed by atoms with E-state index in [0.29, 0.717) is 5.75 Å². The molecule has 0 saturated carbocycles. The van der Waals surface area contributed by atoms with Gasteiger partial charge >= 0.3 is 5.97 Å². The van der Waals surface area contributed by atoms with E-state index in [1.165, 1.54) is 19.2 Å². The number of nitrogen functional groups attached to an aromatic ring is 1. The minimum Gasteiger partial charge on any atom is -0.490 e. The number of hydrogen-bond acceptors (Lipinski definition) is 5. The first-order valence-corrected chi connectivity index (χ1v) is 5.08. The highest BCUT2D eigenvalue weighted by Gasteiger charge is 2.15. The first-order valence-electron chi connectivity index (χ1n) is 5.08. The standard InChI is InChI=1S/C12H14N2O3/c1-7(2)17-11-5-10(14)9(12(15)16-3)4-8(11)6-13/h4-5,7H,14H2,1-3H3. The van der Waals surface area contributed by atoms with Gasteiger partial charge in [0, 0.05) is 11.8 Å². The lowest BCUT2D eigenvalue weighted by Crippen LogP contribution is -2.10. The van der Waals surface area contributed by atoms with Crippen LogP contribution in [0.3, 0.4) is 0 Å². The zero-order valence-electron chi connectivity index (χ0n) is 9.98. The van der Waals surface area contributed by atoms with Gasteiger partial charge in [0.2, 0.25) is 0 Å². The van der Waals surface area contributed by atoms with E-state index in [2.05, 4.69) is 4.74 Å². The lowest BCUT2D eigenvalue weighted by atomic mass is 10.1. The van der Waals surface area contributed by atoms with Crippen LogP contribution in [0.2, 0.25) is 0 Å². The van der Waals surface area contributed by atoms with Crippen molar-refractivity contribution in [1.29, 1.82) is 5.26 Å². The fourth-order valence-corrected chi connectivity index (χ4v) is 1.32. The zero-order valence-corrected chi connectivity index (χ0v) is 9.98. The number of carbonyl (C=O) groups is 1. The Bertz CT molecular complexity index is 475. The second-order valence-corrected chi connectivity index (χ2v) is 3.71. The summed E-state index contributed by atoms with van der Waals surface area (Å²) in [5, 5.41) is 8.98. The van der Waals surface area contributed by atoms with Crippen molar-refractivity contribution in [3.63, 3.8) is 0 Å². The molecular formula is C12H14N2O3. The van der Waals surface area contributed by atoms with Gasteiger partial charge in [-0.1, -0.05) is 0 Å². The average Bonchev–Trinajstić information content (AvgIpc) is 2.27. The van der Waals surface area contributed by atoms with E-state index in [-0.39, 0.29) is 22.9 Å². The Kier molecular flexibility index (Phi) is 3.94. The monoisotopic (exact) mass is 234 g/mol. The van der Waals surface area contributed by atoms with Gasteiger partial charge in [0.25, 0.3) is 0 Å². The van der Waals surface area contributed by atoms with E-state index in [0.717, 1.165) is 0 Å². The zero-order chi connectivity index (χ0) is 13.0. The summed E-state index contributed by atoms with van der Waals surface area (Å²) < 4.78 is 10.00. The molecule has 17 heavy (non-hydrogen) atoms. The maximum absolute atomic E-state index is 11.4. The Labute approximate surface area is 99.7 Å². The highest BCUT2D eigenvalue weighted by Crippen LogP contribution is 2.26. The molecule has 0 radical (unpaired) electrons. The van der Waals surface area contributed by atoms with Gasteiger partial charge in [-0.3, -0.25) is 0 Å². The third kappa shape index (κ3) is 2.88. The van der Waals surface area contributed by atoms with E-state index < -0.39 is 5.97 Å². The van der Waals surface area contributed by atoms with Gasteiger partial charge in [0.05, 0.1) is 24.3 Å². The molecule has 0 bridgehead atoms. The molecule has 90 valence electrons. The number of methoxy groups -OCH3 is 1. The first kappa shape index (κ1) is 12.8. The molecule has 0 aliphatic heterocycles. The second-order valence-electron chi connectivity index (χ2n) is 3.71. The Morgan fingerprint density at radius 1 is 1.47 bits per heavy atom. The van der Waals surface area contributed by atoms with Crippen LogP contribution in [0.4, 0.5) is 5.69 Å². The van der Waals surface area contributed by atoms with Crippen LogP contribution in [0.5, 0.6) is 5.75 Å². The van der Waals surface area contributed by atoms with Crippen LogP contribution in [0.1, 0.15) is 29.8 Å². The third-order valence-electron chi connectivity index (χ3n) is 2.04. The number of nitrogens with two attached hydrogens (primary N) is 1. The molecule has 0 atom stereocenters. The van der Waals surface area contributed by atoms with Crippen molar-refractivity contribution in [3.8, 4) is 11.8 Å². The van der Waals surface area contributed by atoms with Gasteiger partial charge in [0.1, 0.15) is 11.8 Å². The second kappa shape index (κ2) is 5.21. The van der Waals surface area contributed by atoms with Gasteiger partial charge in [-0.2, -0.15) is 5.26 Å². The van der Waals surface area contributed by atoms with Crippen molar-refractivity contribution in [1.82, 2.24) is 0 Å². The number of ether oxygens (including phenoxy) is 2. The third-order valence-corrected chi connectivity index (χ3v) is 2.04. The quantitative estimate of drug-likeness (QED) is 0.635. The molecule has 0 fully saturated rings. The van der Waals surface area contributed by atoms with Crippen LogP contribution in [0.15, 0.2) is 12.1 Å². The summed E-state index contributed by atoms with van der Waals surface area (Å²) in [4.78, 5) is 11.4. The molecule has 0 amide bonds. The van der Waals surface area contributed by atoms with E-state index in [9.17, 15) is 4.79 Å². The molecule has 2 N–H and O–H groups in total. The topological polar surface area (TPSA) is 85.3 Å². The number of benzene rings is 1. The van der Waals surface area contributed by atoms with E-state index in [4.69, 9.17) is 15.7 Å². The van der Waals surface area contributed by atoms with Gasteiger partial charge in [-0.05, 0) is 19.9 Å². The minimum absolute atomic E-state index is 0.0783. The van der Waals surface area contributed by atoms with Crippen LogP contribution < -0.4 is 10.5 Å². The highest BCUT2D eigenvalue weighted by atomic mass is 16.5. The summed E-state index contributed by atoms with van der Waals surface area (Å²) in [7, 11) is 1.26. The minimum atomic E-state index is -0.574. The van der Waals surface area contributed by atoms with E-state index in [1.54, 1.807) is 0 Å². The molecule has 0 spiro atoms. The van der Waals surface area contributed by atoms with Crippen molar-refractivity contribution in [2.24, 2.45) is 0 Å². The van der Waals surface area contributed by atoms with Crippen molar-refractivity contribution in [3.05, 3.63) is 23.3 Å². The number of nitriles is 1. The lowest BCUT2D eigenvalue weighted by Gasteiger charge is -2.13. The molecule has 0 heterocycles. The lowest BCUT2D eigenvalue weighted by molar-refractivity contribution is 0.0602. The number of anilines is 1. The Balaban J connectivity index is 3.25. The van der Waals surface area contributed by atoms with Crippen molar-refractivity contribution in [2.45, 2.75) is 20.0 Å². The van der Waals surface area contributed by atoms with E-state index >= 15 is 0 Å². The number of esters is 1. The molecule has 0 aliphatic rings. The maximum atomic E-state index is 11.4. The van der Waals surface area contributed by atoms with Crippen LogP contribution in [0, 0.1) is 11.3 Å². The Hall–Kier alpha value is -2.22. The van der Waals surface area contributed by atoms with Crippen LogP contribution in [0.25, 0.3) is 0 Å². The van der Waals surface area contributed by atoms with Crippen molar-refractivity contribution >= 4 is 11.7 Å². The molecule has 0 unspecified atom stereocenters.